The largest absolute Gasteiger partial charge is 2.00 e. The Bertz CT molecular complexity index is 562. The van der Waals surface area contributed by atoms with Crippen molar-refractivity contribution in [3.63, 3.8) is 0 Å². The van der Waals surface area contributed by atoms with Crippen LogP contribution >= 0.6 is 0 Å². The Morgan fingerprint density at radius 2 is 2.04 bits per heavy atom. The van der Waals surface area contributed by atoms with Crippen molar-refractivity contribution in [2.75, 3.05) is 6.54 Å². The maximum Gasteiger partial charge on any atom is 2.00 e. The van der Waals surface area contributed by atoms with Crippen molar-refractivity contribution in [1.82, 2.24) is 0 Å². The van der Waals surface area contributed by atoms with E-state index in [1.54, 1.807) is 12.4 Å². The molecule has 26 heavy (non-hydrogen) atoms. The Balaban J connectivity index is 0.00000312. The van der Waals surface area contributed by atoms with Gasteiger partial charge < -0.3 is 21.3 Å². The molecule has 4 nitrogen and oxygen atoms in total. The Labute approximate surface area is 172 Å². The van der Waals surface area contributed by atoms with Gasteiger partial charge in [-0.05, 0) is 31.7 Å². The zero-order chi connectivity index (χ0) is 17.4. The molecule has 1 aromatic rings. The molecule has 0 radical (unpaired) electrons. The van der Waals surface area contributed by atoms with Gasteiger partial charge in [-0.1, -0.05) is 50.6 Å². The van der Waals surface area contributed by atoms with Crippen LogP contribution in [0.25, 0.3) is 11.1 Å². The van der Waals surface area contributed by atoms with E-state index in [1.807, 2.05) is 43.3 Å². The third kappa shape index (κ3) is 7.00. The van der Waals surface area contributed by atoms with Crippen LogP contribution < -0.4 is 0 Å². The van der Waals surface area contributed by atoms with Crippen LogP contribution in [0.1, 0.15) is 45.6 Å². The van der Waals surface area contributed by atoms with Gasteiger partial charge in [-0.25, -0.2) is 0 Å². The summed E-state index contributed by atoms with van der Waals surface area (Å²) < 4.78 is 0. The zero-order valence-corrected chi connectivity index (χ0v) is 17.7. The van der Waals surface area contributed by atoms with Gasteiger partial charge in [-0.3, -0.25) is 0 Å². The minimum atomic E-state index is -1.10. The molecule has 3 unspecified atom stereocenters. The third-order valence-electron chi connectivity index (χ3n) is 4.80. The van der Waals surface area contributed by atoms with E-state index >= 15 is 0 Å². The second-order valence-electron chi connectivity index (χ2n) is 6.69. The molecule has 0 bridgehead atoms. The standard InChI is InChI=1S/C20H28N2O2.CH4.W/c1-16(14-21)15-22-12-10-18(13-17-7-3-2-4-8-17)20(24)11-6-5-9-19(20)23;;/h2-4,7-8,10,12,15,18-19,21,23-24H,5-6,9,11,13-14H2,1H3;1H4;/q-2;;+2/b12-10+,16-15-;;. The van der Waals surface area contributed by atoms with E-state index in [4.69, 9.17) is 5.73 Å². The molecule has 0 aromatic heterocycles. The normalized spacial score (nSPS) is 24.5. The summed E-state index contributed by atoms with van der Waals surface area (Å²) in [7, 11) is 0. The van der Waals surface area contributed by atoms with Crippen molar-refractivity contribution in [3.8, 4) is 0 Å². The van der Waals surface area contributed by atoms with Gasteiger partial charge >= 0.3 is 21.1 Å². The van der Waals surface area contributed by atoms with E-state index in [2.05, 4.69) is 5.32 Å². The van der Waals surface area contributed by atoms with Gasteiger partial charge in [-0.2, -0.15) is 12.4 Å². The molecular weight excluding hydrogens is 496 g/mol. The molecule has 1 aliphatic carbocycles. The Kier molecular flexibility index (Phi) is 12.0. The summed E-state index contributed by atoms with van der Waals surface area (Å²) in [6.07, 6.45) is 8.37. The van der Waals surface area contributed by atoms with Gasteiger partial charge in [-0.15, -0.1) is 18.2 Å². The summed E-state index contributed by atoms with van der Waals surface area (Å²) in [5.74, 6) is -0.191. The molecule has 2 rings (SSSR count). The quantitative estimate of drug-likeness (QED) is 0.524. The van der Waals surface area contributed by atoms with Gasteiger partial charge in [0.25, 0.3) is 0 Å². The third-order valence-corrected chi connectivity index (χ3v) is 4.80. The Morgan fingerprint density at radius 1 is 1.35 bits per heavy atom. The van der Waals surface area contributed by atoms with Gasteiger partial charge in [0.05, 0.1) is 11.7 Å². The van der Waals surface area contributed by atoms with E-state index in [1.165, 1.54) is 0 Å². The molecule has 1 aliphatic rings. The van der Waals surface area contributed by atoms with E-state index in [0.29, 0.717) is 19.3 Å². The van der Waals surface area contributed by atoms with Crippen molar-refractivity contribution in [2.45, 2.75) is 58.2 Å². The number of aliphatic hydroxyl groups is 2. The van der Waals surface area contributed by atoms with Crippen LogP contribution in [-0.4, -0.2) is 28.5 Å². The summed E-state index contributed by atoms with van der Waals surface area (Å²) in [6, 6.07) is 10.0. The van der Waals surface area contributed by atoms with Crippen molar-refractivity contribution < 1.29 is 31.3 Å². The van der Waals surface area contributed by atoms with E-state index in [0.717, 1.165) is 24.0 Å². The average molecular weight is 528 g/mol. The Hall–Kier alpha value is -0.932. The zero-order valence-electron chi connectivity index (χ0n) is 14.8. The second-order valence-corrected chi connectivity index (χ2v) is 6.69. The van der Waals surface area contributed by atoms with Crippen LogP contribution in [0.3, 0.4) is 0 Å². The van der Waals surface area contributed by atoms with Gasteiger partial charge in [0.15, 0.2) is 0 Å². The molecule has 5 heteroatoms. The Morgan fingerprint density at radius 3 is 2.65 bits per heavy atom. The van der Waals surface area contributed by atoms with Crippen molar-refractivity contribution in [3.05, 3.63) is 71.0 Å². The van der Waals surface area contributed by atoms with Crippen LogP contribution in [0.5, 0.6) is 0 Å². The molecule has 1 saturated carbocycles. The number of aliphatic hydroxyl groups excluding tert-OH is 1. The van der Waals surface area contributed by atoms with Crippen LogP contribution in [0.2, 0.25) is 0 Å². The van der Waals surface area contributed by atoms with Crippen LogP contribution in [0.15, 0.2) is 54.4 Å². The van der Waals surface area contributed by atoms with Gasteiger partial charge in [0, 0.05) is 5.92 Å². The van der Waals surface area contributed by atoms with Crippen molar-refractivity contribution >= 4 is 0 Å². The molecule has 0 amide bonds. The first-order chi connectivity index (χ1) is 11.6. The SMILES string of the molecule is C.C/C(=C/[N-]/C=C/C(Cc1ccccc1)C1(O)CCCCC1O)C[NH-].[W+2]. The van der Waals surface area contributed by atoms with Crippen molar-refractivity contribution in [2.24, 2.45) is 5.92 Å². The molecular formula is C21H32N2O2W. The molecule has 0 saturated heterocycles. The molecule has 144 valence electrons. The van der Waals surface area contributed by atoms with E-state index in [9.17, 15) is 10.2 Å². The molecule has 3 N–H and O–H groups in total. The smallest absolute Gasteiger partial charge is 0.674 e. The summed E-state index contributed by atoms with van der Waals surface area (Å²) in [5.41, 5.74) is 8.19. The topological polar surface area (TPSA) is 78.4 Å². The van der Waals surface area contributed by atoms with Gasteiger partial charge in [0.2, 0.25) is 0 Å². The van der Waals surface area contributed by atoms with Crippen LogP contribution in [-0.2, 0) is 27.5 Å². The molecule has 0 spiro atoms. The van der Waals surface area contributed by atoms with Crippen LogP contribution in [0, 0.1) is 5.92 Å². The maximum absolute atomic E-state index is 11.1. The first-order valence-electron chi connectivity index (χ1n) is 8.67. The number of nitrogens with one attached hydrogen (secondary N) is 1. The first kappa shape index (κ1) is 25.1. The molecule has 0 heterocycles. The van der Waals surface area contributed by atoms with Gasteiger partial charge in [0.1, 0.15) is 0 Å². The fourth-order valence-corrected chi connectivity index (χ4v) is 3.24. The maximum atomic E-state index is 11.1. The fraction of sp³-hybridized carbons (Fsp3) is 0.524. The molecule has 0 aliphatic heterocycles. The number of rotatable bonds is 7. The minimum Gasteiger partial charge on any atom is -0.674 e. The monoisotopic (exact) mass is 528 g/mol. The second kappa shape index (κ2) is 12.5. The van der Waals surface area contributed by atoms with E-state index < -0.39 is 11.7 Å². The first-order valence-corrected chi connectivity index (χ1v) is 8.67. The molecule has 1 aromatic carbocycles. The minimum absolute atomic E-state index is 0. The summed E-state index contributed by atoms with van der Waals surface area (Å²) >= 11 is 0. The molecule has 3 atom stereocenters. The number of nitrogens with zero attached hydrogens (tertiary/aromatic N) is 1. The number of benzene rings is 1. The van der Waals surface area contributed by atoms with E-state index in [-0.39, 0.29) is 41.0 Å². The van der Waals surface area contributed by atoms with Crippen LogP contribution in [0.4, 0.5) is 0 Å². The predicted octanol–water partition coefficient (Wildman–Crippen LogP) is 4.99. The summed E-state index contributed by atoms with van der Waals surface area (Å²) in [4.78, 5) is 0. The predicted molar refractivity (Wildman–Crippen MR) is 105 cm³/mol. The van der Waals surface area contributed by atoms with Crippen molar-refractivity contribution in [1.29, 1.82) is 0 Å². The number of hydrogen-bond acceptors (Lipinski definition) is 2. The fourth-order valence-electron chi connectivity index (χ4n) is 3.24. The summed E-state index contributed by atoms with van der Waals surface area (Å²) in [5, 5.41) is 25.8. The molecule has 1 fully saturated rings. The number of hydrogen-bond donors (Lipinski definition) is 2. The summed E-state index contributed by atoms with van der Waals surface area (Å²) in [6.45, 7) is 2.09. The average Bonchev–Trinajstić information content (AvgIpc) is 2.60.